The summed E-state index contributed by atoms with van der Waals surface area (Å²) in [6.07, 6.45) is 2.81. The fraction of sp³-hybridized carbons (Fsp3) is 0.667. The molecule has 1 N–H and O–H groups in total. The third kappa shape index (κ3) is 3.58. The van der Waals surface area contributed by atoms with Crippen LogP contribution in [0.5, 0.6) is 5.75 Å². The van der Waals surface area contributed by atoms with Gasteiger partial charge in [-0.05, 0) is 66.7 Å². The lowest BCUT2D eigenvalue weighted by Crippen LogP contribution is -2.50. The van der Waals surface area contributed by atoms with E-state index in [1.54, 1.807) is 0 Å². The van der Waals surface area contributed by atoms with E-state index in [4.69, 9.17) is 4.74 Å². The second-order valence-corrected chi connectivity index (χ2v) is 6.77. The largest absolute Gasteiger partial charge is 0.491 e. The van der Waals surface area contributed by atoms with E-state index in [1.165, 1.54) is 31.5 Å². The van der Waals surface area contributed by atoms with Crippen molar-refractivity contribution in [3.63, 3.8) is 0 Å². The predicted molar refractivity (Wildman–Crippen MR) is 88.9 cm³/mol. The molecule has 0 bridgehead atoms. The second kappa shape index (κ2) is 6.80. The molecule has 1 saturated heterocycles. The van der Waals surface area contributed by atoms with Crippen LogP contribution in [0.2, 0.25) is 0 Å². The third-order valence-electron chi connectivity index (χ3n) is 4.51. The van der Waals surface area contributed by atoms with E-state index >= 15 is 0 Å². The van der Waals surface area contributed by atoms with Gasteiger partial charge in [-0.25, -0.2) is 0 Å². The van der Waals surface area contributed by atoms with Crippen LogP contribution in [0.4, 0.5) is 0 Å². The van der Waals surface area contributed by atoms with Gasteiger partial charge >= 0.3 is 0 Å². The Kier molecular flexibility index (Phi) is 5.28. The molecule has 0 aromatic heterocycles. The molecule has 1 aliphatic heterocycles. The molecule has 1 heterocycles. The van der Waals surface area contributed by atoms with E-state index in [0.717, 1.165) is 5.75 Å². The Bertz CT molecular complexity index is 450. The van der Waals surface area contributed by atoms with E-state index in [1.807, 2.05) is 0 Å². The maximum absolute atomic E-state index is 6.03. The molecule has 3 heteroatoms. The quantitative estimate of drug-likeness (QED) is 0.866. The van der Waals surface area contributed by atoms with Crippen molar-refractivity contribution in [3.8, 4) is 5.75 Å². The molecule has 1 fully saturated rings. The van der Waals surface area contributed by atoms with Gasteiger partial charge in [-0.3, -0.25) is 4.90 Å². The number of rotatable bonds is 6. The van der Waals surface area contributed by atoms with Crippen molar-refractivity contribution in [3.05, 3.63) is 29.8 Å². The highest BCUT2D eigenvalue weighted by molar-refractivity contribution is 5.38. The van der Waals surface area contributed by atoms with E-state index in [-0.39, 0.29) is 17.7 Å². The molecule has 1 aromatic rings. The van der Waals surface area contributed by atoms with E-state index in [2.05, 4.69) is 69.2 Å². The maximum Gasteiger partial charge on any atom is 0.124 e. The first-order valence-corrected chi connectivity index (χ1v) is 8.14. The number of likely N-dealkylation sites (tertiary alicyclic amines) is 1. The molecular weight excluding hydrogens is 260 g/mol. The number of likely N-dealkylation sites (N-methyl/N-ethyl adjacent to an activating group) is 1. The number of hydrogen-bond donors (Lipinski definition) is 1. The summed E-state index contributed by atoms with van der Waals surface area (Å²) in [7, 11) is 2.05. The molecule has 0 amide bonds. The van der Waals surface area contributed by atoms with Gasteiger partial charge in [0.05, 0.1) is 12.1 Å². The molecule has 1 unspecified atom stereocenters. The van der Waals surface area contributed by atoms with Crippen LogP contribution in [-0.2, 0) is 0 Å². The summed E-state index contributed by atoms with van der Waals surface area (Å²) in [5, 5.41) is 3.53. The highest BCUT2D eigenvalue weighted by atomic mass is 16.5. The average Bonchev–Trinajstić information content (AvgIpc) is 2.95. The van der Waals surface area contributed by atoms with Gasteiger partial charge in [0.2, 0.25) is 0 Å². The lowest BCUT2D eigenvalue weighted by Gasteiger charge is -2.42. The molecule has 1 aliphatic rings. The third-order valence-corrected chi connectivity index (χ3v) is 4.51. The normalized spacial score (nSPS) is 18.2. The van der Waals surface area contributed by atoms with Crippen LogP contribution in [0, 0.1) is 0 Å². The van der Waals surface area contributed by atoms with Crippen LogP contribution >= 0.6 is 0 Å². The van der Waals surface area contributed by atoms with Gasteiger partial charge in [-0.1, -0.05) is 18.2 Å². The fourth-order valence-corrected chi connectivity index (χ4v) is 3.45. The zero-order chi connectivity index (χ0) is 15.5. The predicted octanol–water partition coefficient (Wildman–Crippen LogP) is 3.61. The summed E-state index contributed by atoms with van der Waals surface area (Å²) in [5.41, 5.74) is 1.33. The topological polar surface area (TPSA) is 24.5 Å². The standard InChI is InChI=1S/C18H30N2O/c1-14(2)21-16-11-7-6-10-15(16)17(19-5)18(3,4)20-12-8-9-13-20/h6-7,10-11,14,17,19H,8-9,12-13H2,1-5H3. The lowest BCUT2D eigenvalue weighted by atomic mass is 9.86. The Morgan fingerprint density at radius 1 is 1.14 bits per heavy atom. The minimum atomic E-state index is 0.0711. The SMILES string of the molecule is CNC(c1ccccc1OC(C)C)C(C)(C)N1CCCC1. The monoisotopic (exact) mass is 290 g/mol. The van der Waals surface area contributed by atoms with Crippen molar-refractivity contribution in [2.45, 2.75) is 58.2 Å². The molecule has 0 saturated carbocycles. The van der Waals surface area contributed by atoms with Gasteiger partial charge < -0.3 is 10.1 Å². The minimum Gasteiger partial charge on any atom is -0.491 e. The molecular formula is C18H30N2O. The van der Waals surface area contributed by atoms with E-state index in [0.29, 0.717) is 0 Å². The summed E-state index contributed by atoms with van der Waals surface area (Å²) in [6.45, 7) is 11.2. The van der Waals surface area contributed by atoms with Gasteiger partial charge in [-0.2, -0.15) is 0 Å². The molecule has 1 atom stereocenters. The van der Waals surface area contributed by atoms with E-state index in [9.17, 15) is 0 Å². The van der Waals surface area contributed by atoms with Crippen LogP contribution in [0.1, 0.15) is 52.1 Å². The van der Waals surface area contributed by atoms with Crippen LogP contribution in [0.25, 0.3) is 0 Å². The minimum absolute atomic E-state index is 0.0711. The first-order valence-electron chi connectivity index (χ1n) is 8.14. The fourth-order valence-electron chi connectivity index (χ4n) is 3.45. The smallest absolute Gasteiger partial charge is 0.124 e. The summed E-state index contributed by atoms with van der Waals surface area (Å²) in [5.74, 6) is 0.999. The van der Waals surface area contributed by atoms with E-state index < -0.39 is 0 Å². The maximum atomic E-state index is 6.03. The Hall–Kier alpha value is -1.06. The van der Waals surface area contributed by atoms with Gasteiger partial charge in [-0.15, -0.1) is 0 Å². The molecule has 3 nitrogen and oxygen atoms in total. The zero-order valence-corrected chi connectivity index (χ0v) is 14.1. The number of nitrogens with zero attached hydrogens (tertiary/aromatic N) is 1. The molecule has 2 rings (SSSR count). The molecule has 21 heavy (non-hydrogen) atoms. The number of nitrogens with one attached hydrogen (secondary N) is 1. The molecule has 0 aliphatic carbocycles. The van der Waals surface area contributed by atoms with Crippen LogP contribution in [0.3, 0.4) is 0 Å². The number of hydrogen-bond acceptors (Lipinski definition) is 3. The van der Waals surface area contributed by atoms with Crippen molar-refractivity contribution in [2.24, 2.45) is 0 Å². The average molecular weight is 290 g/mol. The first kappa shape index (κ1) is 16.3. The summed E-state index contributed by atoms with van der Waals surface area (Å²) in [6, 6.07) is 8.69. The van der Waals surface area contributed by atoms with Gasteiger partial charge in [0, 0.05) is 11.1 Å². The van der Waals surface area contributed by atoms with Crippen molar-refractivity contribution in [1.82, 2.24) is 10.2 Å². The van der Waals surface area contributed by atoms with Crippen LogP contribution in [-0.4, -0.2) is 36.7 Å². The molecule has 1 aromatic carbocycles. The van der Waals surface area contributed by atoms with Crippen molar-refractivity contribution < 1.29 is 4.74 Å². The summed E-state index contributed by atoms with van der Waals surface area (Å²) < 4.78 is 6.03. The Balaban J connectivity index is 2.32. The Labute approximate surface area is 129 Å². The first-order chi connectivity index (χ1) is 9.96. The van der Waals surface area contributed by atoms with Gasteiger partial charge in [0.25, 0.3) is 0 Å². The number of para-hydroxylation sites is 1. The summed E-state index contributed by atoms with van der Waals surface area (Å²) >= 11 is 0. The molecule has 0 radical (unpaired) electrons. The van der Waals surface area contributed by atoms with Gasteiger partial charge in [0.15, 0.2) is 0 Å². The van der Waals surface area contributed by atoms with Crippen molar-refractivity contribution in [2.75, 3.05) is 20.1 Å². The molecule has 0 spiro atoms. The number of benzene rings is 1. The lowest BCUT2D eigenvalue weighted by molar-refractivity contribution is 0.108. The molecule has 118 valence electrons. The van der Waals surface area contributed by atoms with Crippen molar-refractivity contribution in [1.29, 1.82) is 0 Å². The second-order valence-electron chi connectivity index (χ2n) is 6.77. The van der Waals surface area contributed by atoms with Gasteiger partial charge in [0.1, 0.15) is 5.75 Å². The van der Waals surface area contributed by atoms with Crippen LogP contribution < -0.4 is 10.1 Å². The van der Waals surface area contributed by atoms with Crippen molar-refractivity contribution >= 4 is 0 Å². The highest BCUT2D eigenvalue weighted by Crippen LogP contribution is 2.37. The number of ether oxygens (including phenoxy) is 1. The zero-order valence-electron chi connectivity index (χ0n) is 14.1. The summed E-state index contributed by atoms with van der Waals surface area (Å²) in [4.78, 5) is 2.60. The van der Waals surface area contributed by atoms with Crippen LogP contribution in [0.15, 0.2) is 24.3 Å². The highest BCUT2D eigenvalue weighted by Gasteiger charge is 2.38. The Morgan fingerprint density at radius 2 is 1.76 bits per heavy atom. The Morgan fingerprint density at radius 3 is 2.33 bits per heavy atom.